The van der Waals surface area contributed by atoms with Gasteiger partial charge in [0.25, 0.3) is 0 Å². The summed E-state index contributed by atoms with van der Waals surface area (Å²) in [6.45, 7) is 9.53. The van der Waals surface area contributed by atoms with Crippen LogP contribution in [-0.4, -0.2) is 16.6 Å². The second-order valence-electron chi connectivity index (χ2n) is 10.0. The summed E-state index contributed by atoms with van der Waals surface area (Å²) in [6, 6.07) is 7.40. The van der Waals surface area contributed by atoms with Gasteiger partial charge in [-0.3, -0.25) is 4.79 Å². The van der Waals surface area contributed by atoms with Gasteiger partial charge in [0.1, 0.15) is 5.75 Å². The van der Waals surface area contributed by atoms with Crippen LogP contribution in [0.25, 0.3) is 0 Å². The number of aliphatic hydroxyl groups is 1. The van der Waals surface area contributed by atoms with Gasteiger partial charge < -0.3 is 15.6 Å². The van der Waals surface area contributed by atoms with Gasteiger partial charge in [-0.25, -0.2) is 0 Å². The minimum atomic E-state index is -0.980. The van der Waals surface area contributed by atoms with Crippen molar-refractivity contribution in [3.8, 4) is 5.75 Å². The Morgan fingerprint density at radius 2 is 1.92 bits per heavy atom. The number of esters is 1. The molecular formula is C22H33NO3. The maximum atomic E-state index is 12.2. The van der Waals surface area contributed by atoms with Gasteiger partial charge in [0.05, 0.1) is 11.0 Å². The van der Waals surface area contributed by atoms with Crippen molar-refractivity contribution < 1.29 is 14.6 Å². The minimum Gasteiger partial charge on any atom is -0.426 e. The Kier molecular flexibility index (Phi) is 4.73. The van der Waals surface area contributed by atoms with Gasteiger partial charge >= 0.3 is 5.97 Å². The normalized spacial score (nSPS) is 31.7. The number of carbonyl (C=O) groups excluding carboxylic acids is 1. The van der Waals surface area contributed by atoms with Crippen LogP contribution in [-0.2, 0) is 10.4 Å². The largest absolute Gasteiger partial charge is 0.426 e. The highest BCUT2D eigenvalue weighted by atomic mass is 16.5. The van der Waals surface area contributed by atoms with Crippen molar-refractivity contribution in [1.82, 2.24) is 0 Å². The maximum absolute atomic E-state index is 12.2. The molecule has 26 heavy (non-hydrogen) atoms. The third kappa shape index (κ3) is 3.54. The molecule has 0 aromatic heterocycles. The minimum absolute atomic E-state index is 0.0117. The fourth-order valence-electron chi connectivity index (χ4n) is 5.17. The van der Waals surface area contributed by atoms with Crippen LogP contribution >= 0.6 is 0 Å². The van der Waals surface area contributed by atoms with Crippen LogP contribution in [0, 0.1) is 23.2 Å². The number of carbonyl (C=O) groups is 1. The molecule has 3 N–H and O–H groups in total. The molecule has 0 saturated heterocycles. The molecule has 0 heterocycles. The first-order valence-corrected chi connectivity index (χ1v) is 9.75. The van der Waals surface area contributed by atoms with E-state index in [1.807, 2.05) is 52.8 Å². The highest BCUT2D eigenvalue weighted by molar-refractivity contribution is 5.77. The Balaban J connectivity index is 1.96. The predicted octanol–water partition coefficient (Wildman–Crippen LogP) is 4.00. The van der Waals surface area contributed by atoms with Crippen LogP contribution in [0.4, 0.5) is 0 Å². The molecule has 4 unspecified atom stereocenters. The molecule has 2 bridgehead atoms. The number of hydrogen-bond donors (Lipinski definition) is 2. The topological polar surface area (TPSA) is 72.5 Å². The summed E-state index contributed by atoms with van der Waals surface area (Å²) in [4.78, 5) is 12.2. The molecular weight excluding hydrogens is 326 g/mol. The fourth-order valence-corrected chi connectivity index (χ4v) is 5.17. The van der Waals surface area contributed by atoms with Crippen molar-refractivity contribution in [3.05, 3.63) is 29.8 Å². The van der Waals surface area contributed by atoms with Crippen molar-refractivity contribution in [2.45, 2.75) is 71.4 Å². The van der Waals surface area contributed by atoms with Crippen LogP contribution < -0.4 is 10.5 Å². The molecule has 0 radical (unpaired) electrons. The number of fused-ring (bicyclic) bond motifs is 2. The number of hydrogen-bond acceptors (Lipinski definition) is 4. The average molecular weight is 360 g/mol. The number of benzene rings is 1. The predicted molar refractivity (Wildman–Crippen MR) is 103 cm³/mol. The third-order valence-corrected chi connectivity index (χ3v) is 6.13. The van der Waals surface area contributed by atoms with E-state index in [1.165, 1.54) is 0 Å². The third-order valence-electron chi connectivity index (χ3n) is 6.13. The molecule has 0 spiro atoms. The maximum Gasteiger partial charge on any atom is 0.316 e. The number of ether oxygens (including phenoxy) is 1. The molecule has 3 rings (SSSR count). The molecule has 0 amide bonds. The van der Waals surface area contributed by atoms with Gasteiger partial charge in [-0.1, -0.05) is 18.6 Å². The summed E-state index contributed by atoms with van der Waals surface area (Å²) < 4.78 is 5.56. The Morgan fingerprint density at radius 1 is 1.23 bits per heavy atom. The summed E-state index contributed by atoms with van der Waals surface area (Å²) in [5.41, 5.74) is 5.32. The van der Waals surface area contributed by atoms with Crippen molar-refractivity contribution >= 4 is 5.97 Å². The second-order valence-corrected chi connectivity index (χ2v) is 10.0. The summed E-state index contributed by atoms with van der Waals surface area (Å²) in [5.74, 6) is 1.19. The summed E-state index contributed by atoms with van der Waals surface area (Å²) in [6.07, 6.45) is 4.19. The smallest absolute Gasteiger partial charge is 0.316 e. The van der Waals surface area contributed by atoms with E-state index >= 15 is 0 Å². The van der Waals surface area contributed by atoms with Gasteiger partial charge in [-0.15, -0.1) is 0 Å². The molecule has 4 heteroatoms. The van der Waals surface area contributed by atoms with Crippen LogP contribution in [0.15, 0.2) is 24.3 Å². The van der Waals surface area contributed by atoms with Gasteiger partial charge in [-0.2, -0.15) is 0 Å². The van der Waals surface area contributed by atoms with Crippen LogP contribution in [0.2, 0.25) is 0 Å². The zero-order valence-electron chi connectivity index (χ0n) is 16.7. The Bertz CT molecular complexity index is 685. The molecule has 2 aliphatic carbocycles. The van der Waals surface area contributed by atoms with Gasteiger partial charge in [0.2, 0.25) is 0 Å². The Morgan fingerprint density at radius 3 is 2.54 bits per heavy atom. The lowest BCUT2D eigenvalue weighted by Gasteiger charge is -2.50. The Hall–Kier alpha value is -1.39. The molecule has 1 aromatic carbocycles. The van der Waals surface area contributed by atoms with E-state index in [1.54, 1.807) is 6.07 Å². The SMILES string of the molecule is CC(C)(C)C(=O)Oc1cccc(C2(O)CC3CCC(C3)C2C(C)(C)N)c1. The van der Waals surface area contributed by atoms with E-state index in [9.17, 15) is 9.90 Å². The van der Waals surface area contributed by atoms with E-state index in [0.717, 1.165) is 31.2 Å². The molecule has 1 aromatic rings. The molecule has 0 aliphatic heterocycles. The van der Waals surface area contributed by atoms with E-state index in [-0.39, 0.29) is 11.9 Å². The van der Waals surface area contributed by atoms with Gasteiger partial charge in [-0.05, 0) is 83.4 Å². The number of nitrogens with two attached hydrogens (primary N) is 1. The van der Waals surface area contributed by atoms with Gasteiger partial charge in [0, 0.05) is 11.5 Å². The zero-order chi connectivity index (χ0) is 19.3. The average Bonchev–Trinajstić information content (AvgIpc) is 2.86. The zero-order valence-corrected chi connectivity index (χ0v) is 16.7. The lowest BCUT2D eigenvalue weighted by atomic mass is 9.60. The first kappa shape index (κ1) is 19.4. The van der Waals surface area contributed by atoms with Crippen molar-refractivity contribution in [2.75, 3.05) is 0 Å². The fraction of sp³-hybridized carbons (Fsp3) is 0.682. The van der Waals surface area contributed by atoms with Crippen LogP contribution in [0.5, 0.6) is 5.75 Å². The quantitative estimate of drug-likeness (QED) is 0.632. The summed E-state index contributed by atoms with van der Waals surface area (Å²) in [7, 11) is 0. The van der Waals surface area contributed by atoms with Crippen molar-refractivity contribution in [3.63, 3.8) is 0 Å². The number of rotatable bonds is 3. The molecule has 2 fully saturated rings. The van der Waals surface area contributed by atoms with Crippen LogP contribution in [0.3, 0.4) is 0 Å². The summed E-state index contributed by atoms with van der Waals surface area (Å²) >= 11 is 0. The first-order chi connectivity index (χ1) is 11.9. The van der Waals surface area contributed by atoms with Crippen LogP contribution in [0.1, 0.15) is 65.9 Å². The van der Waals surface area contributed by atoms with Crippen molar-refractivity contribution in [1.29, 1.82) is 0 Å². The van der Waals surface area contributed by atoms with Crippen molar-refractivity contribution in [2.24, 2.45) is 28.9 Å². The summed E-state index contributed by atoms with van der Waals surface area (Å²) in [5, 5.41) is 11.8. The monoisotopic (exact) mass is 359 g/mol. The molecule has 2 saturated carbocycles. The highest BCUT2D eigenvalue weighted by Crippen LogP contribution is 2.57. The molecule has 4 atom stereocenters. The second kappa shape index (κ2) is 6.35. The standard InChI is InChI=1S/C22H33NO3/c1-20(2,3)19(24)26-17-8-6-7-16(12-17)22(25)13-14-9-10-15(11-14)18(22)21(4,5)23/h6-8,12,14-15,18,25H,9-11,13,23H2,1-5H3. The Labute approximate surface area is 157 Å². The highest BCUT2D eigenvalue weighted by Gasteiger charge is 2.55. The van der Waals surface area contributed by atoms with E-state index in [4.69, 9.17) is 10.5 Å². The first-order valence-electron chi connectivity index (χ1n) is 9.75. The van der Waals surface area contributed by atoms with E-state index in [2.05, 4.69) is 0 Å². The lowest BCUT2D eigenvalue weighted by molar-refractivity contribution is -0.143. The van der Waals surface area contributed by atoms with E-state index in [0.29, 0.717) is 17.6 Å². The molecule has 4 nitrogen and oxygen atoms in total. The molecule has 2 aliphatic rings. The van der Waals surface area contributed by atoms with E-state index < -0.39 is 16.6 Å². The lowest BCUT2D eigenvalue weighted by Crippen LogP contribution is -2.57. The van der Waals surface area contributed by atoms with Gasteiger partial charge in [0.15, 0.2) is 0 Å². The molecule has 144 valence electrons.